The van der Waals surface area contributed by atoms with Gasteiger partial charge in [0.2, 0.25) is 10.0 Å². The first-order valence-corrected chi connectivity index (χ1v) is 8.53. The molecule has 0 saturated heterocycles. The lowest BCUT2D eigenvalue weighted by Crippen LogP contribution is -2.19. The molecule has 0 fully saturated rings. The maximum absolute atomic E-state index is 12.3. The van der Waals surface area contributed by atoms with Crippen LogP contribution in [0, 0.1) is 0 Å². The smallest absolute Gasteiger partial charge is 0.255 e. The Labute approximate surface area is 135 Å². The number of ether oxygens (including phenoxy) is 1. The molecule has 2 aromatic carbocycles. The Morgan fingerprint density at radius 1 is 1.09 bits per heavy atom. The van der Waals surface area contributed by atoms with Gasteiger partial charge in [-0.1, -0.05) is 12.1 Å². The summed E-state index contributed by atoms with van der Waals surface area (Å²) in [6.07, 6.45) is 0. The van der Waals surface area contributed by atoms with E-state index in [-0.39, 0.29) is 10.8 Å². The van der Waals surface area contributed by atoms with Gasteiger partial charge >= 0.3 is 0 Å². The van der Waals surface area contributed by atoms with E-state index in [4.69, 9.17) is 4.74 Å². The van der Waals surface area contributed by atoms with Crippen LogP contribution in [0.4, 0.5) is 5.69 Å². The maximum Gasteiger partial charge on any atom is 0.255 e. The highest BCUT2D eigenvalue weighted by Crippen LogP contribution is 2.24. The second-order valence-corrected chi connectivity index (χ2v) is 6.50. The Kier molecular flexibility index (Phi) is 5.36. The minimum Gasteiger partial charge on any atom is -0.492 e. The zero-order valence-electron chi connectivity index (χ0n) is 12.9. The number of hydrogen-bond acceptors (Lipinski definition) is 4. The van der Waals surface area contributed by atoms with E-state index in [0.717, 1.165) is 0 Å². The number of anilines is 1. The first-order valence-electron chi connectivity index (χ1n) is 7.04. The summed E-state index contributed by atoms with van der Waals surface area (Å²) >= 11 is 0. The lowest BCUT2D eigenvalue weighted by Gasteiger charge is -2.11. The molecule has 0 aromatic heterocycles. The van der Waals surface area contributed by atoms with Gasteiger partial charge in [0, 0.05) is 5.56 Å². The molecular formula is C16H18N2O4S. The Morgan fingerprint density at radius 2 is 1.74 bits per heavy atom. The van der Waals surface area contributed by atoms with E-state index >= 15 is 0 Å². The van der Waals surface area contributed by atoms with Crippen molar-refractivity contribution in [3.63, 3.8) is 0 Å². The van der Waals surface area contributed by atoms with Crippen molar-refractivity contribution in [2.24, 2.45) is 0 Å². The largest absolute Gasteiger partial charge is 0.492 e. The van der Waals surface area contributed by atoms with Gasteiger partial charge in [0.05, 0.1) is 17.2 Å². The van der Waals surface area contributed by atoms with Crippen LogP contribution < -0.4 is 14.8 Å². The normalized spacial score (nSPS) is 11.0. The fourth-order valence-corrected chi connectivity index (χ4v) is 2.68. The minimum absolute atomic E-state index is 0.103. The predicted octanol–water partition coefficient (Wildman–Crippen LogP) is 2.25. The van der Waals surface area contributed by atoms with Crippen molar-refractivity contribution in [2.75, 3.05) is 19.0 Å². The highest BCUT2D eigenvalue weighted by Gasteiger charge is 2.13. The van der Waals surface area contributed by atoms with Gasteiger partial charge in [-0.15, -0.1) is 0 Å². The van der Waals surface area contributed by atoms with E-state index in [2.05, 4.69) is 10.0 Å². The average Bonchev–Trinajstić information content (AvgIpc) is 2.57. The summed E-state index contributed by atoms with van der Waals surface area (Å²) in [6.45, 7) is 2.35. The zero-order valence-corrected chi connectivity index (χ0v) is 13.7. The van der Waals surface area contributed by atoms with Crippen molar-refractivity contribution in [3.05, 3.63) is 54.1 Å². The topological polar surface area (TPSA) is 84.5 Å². The second kappa shape index (κ2) is 7.26. The van der Waals surface area contributed by atoms with Crippen LogP contribution >= 0.6 is 0 Å². The molecule has 0 unspecified atom stereocenters. The number of nitrogens with one attached hydrogen (secondary N) is 2. The van der Waals surface area contributed by atoms with Crippen molar-refractivity contribution < 1.29 is 17.9 Å². The molecular weight excluding hydrogens is 316 g/mol. The van der Waals surface area contributed by atoms with Crippen molar-refractivity contribution in [1.29, 1.82) is 0 Å². The second-order valence-electron chi connectivity index (χ2n) is 4.62. The summed E-state index contributed by atoms with van der Waals surface area (Å²) in [6, 6.07) is 12.8. The standard InChI is InChI=1S/C16H18N2O4S/c1-3-22-15-7-5-4-6-14(15)18-16(19)12-8-10-13(11-9-12)23(20,21)17-2/h4-11,17H,3H2,1-2H3,(H,18,19). The minimum atomic E-state index is -3.52. The van der Waals surface area contributed by atoms with Crippen molar-refractivity contribution in [1.82, 2.24) is 4.72 Å². The highest BCUT2D eigenvalue weighted by atomic mass is 32.2. The lowest BCUT2D eigenvalue weighted by atomic mass is 10.2. The third-order valence-corrected chi connectivity index (χ3v) is 4.56. The number of carbonyl (C=O) groups excluding carboxylic acids is 1. The van der Waals surface area contributed by atoms with Crippen molar-refractivity contribution in [2.45, 2.75) is 11.8 Å². The van der Waals surface area contributed by atoms with Gasteiger partial charge in [0.25, 0.3) is 5.91 Å². The molecule has 122 valence electrons. The summed E-state index contributed by atoms with van der Waals surface area (Å²) in [5.41, 5.74) is 0.914. The summed E-state index contributed by atoms with van der Waals surface area (Å²) in [5.74, 6) is 0.239. The molecule has 7 heteroatoms. The molecule has 0 heterocycles. The highest BCUT2D eigenvalue weighted by molar-refractivity contribution is 7.89. The Bertz CT molecular complexity index is 786. The van der Waals surface area contributed by atoms with Crippen LogP contribution in [0.15, 0.2) is 53.4 Å². The Hall–Kier alpha value is -2.38. The van der Waals surface area contributed by atoms with Gasteiger partial charge in [0.1, 0.15) is 5.75 Å². The molecule has 0 radical (unpaired) electrons. The fraction of sp³-hybridized carbons (Fsp3) is 0.188. The lowest BCUT2D eigenvalue weighted by molar-refractivity contribution is 0.102. The van der Waals surface area contributed by atoms with E-state index < -0.39 is 10.0 Å². The number of sulfonamides is 1. The third-order valence-electron chi connectivity index (χ3n) is 3.13. The van der Waals surface area contributed by atoms with E-state index in [9.17, 15) is 13.2 Å². The molecule has 0 aliphatic rings. The summed E-state index contributed by atoms with van der Waals surface area (Å²) < 4.78 is 31.0. The number of benzene rings is 2. The van der Waals surface area contributed by atoms with E-state index in [1.54, 1.807) is 18.2 Å². The fourth-order valence-electron chi connectivity index (χ4n) is 1.95. The number of carbonyl (C=O) groups is 1. The number of rotatable bonds is 6. The summed E-state index contributed by atoms with van der Waals surface area (Å²) in [5, 5.41) is 2.75. The molecule has 0 bridgehead atoms. The van der Waals surface area contributed by atoms with Gasteiger partial charge in [-0.05, 0) is 50.4 Å². The van der Waals surface area contributed by atoms with Gasteiger partial charge in [-0.2, -0.15) is 0 Å². The maximum atomic E-state index is 12.3. The van der Waals surface area contributed by atoms with Crippen LogP contribution in [-0.4, -0.2) is 28.0 Å². The van der Waals surface area contributed by atoms with Gasteiger partial charge in [-0.25, -0.2) is 13.1 Å². The molecule has 1 amide bonds. The van der Waals surface area contributed by atoms with Crippen molar-refractivity contribution >= 4 is 21.6 Å². The molecule has 0 aliphatic heterocycles. The first kappa shape index (κ1) is 17.0. The van der Waals surface area contributed by atoms with Crippen LogP contribution in [0.25, 0.3) is 0 Å². The molecule has 2 N–H and O–H groups in total. The number of para-hydroxylation sites is 2. The quantitative estimate of drug-likeness (QED) is 0.848. The van der Waals surface area contributed by atoms with Gasteiger partial charge in [-0.3, -0.25) is 4.79 Å². The Morgan fingerprint density at radius 3 is 2.35 bits per heavy atom. The number of hydrogen-bond donors (Lipinski definition) is 2. The monoisotopic (exact) mass is 334 g/mol. The third kappa shape index (κ3) is 4.08. The molecule has 2 rings (SSSR count). The first-order chi connectivity index (χ1) is 11.0. The van der Waals surface area contributed by atoms with Gasteiger partial charge < -0.3 is 10.1 Å². The van der Waals surface area contributed by atoms with Gasteiger partial charge in [0.15, 0.2) is 0 Å². The average molecular weight is 334 g/mol. The molecule has 0 spiro atoms. The summed E-state index contributed by atoms with van der Waals surface area (Å²) in [7, 11) is -2.18. The molecule has 0 aliphatic carbocycles. The molecule has 2 aromatic rings. The van der Waals surface area contributed by atoms with Crippen LogP contribution in [0.5, 0.6) is 5.75 Å². The predicted molar refractivity (Wildman–Crippen MR) is 88.3 cm³/mol. The molecule has 6 nitrogen and oxygen atoms in total. The summed E-state index contributed by atoms with van der Waals surface area (Å²) in [4.78, 5) is 12.4. The van der Waals surface area contributed by atoms with E-state index in [1.807, 2.05) is 13.0 Å². The van der Waals surface area contributed by atoms with Crippen LogP contribution in [-0.2, 0) is 10.0 Å². The van der Waals surface area contributed by atoms with Crippen LogP contribution in [0.3, 0.4) is 0 Å². The van der Waals surface area contributed by atoms with Crippen molar-refractivity contribution in [3.8, 4) is 5.75 Å². The SMILES string of the molecule is CCOc1ccccc1NC(=O)c1ccc(S(=O)(=O)NC)cc1. The molecule has 0 atom stereocenters. The number of amides is 1. The van der Waals surface area contributed by atoms with E-state index in [1.165, 1.54) is 31.3 Å². The molecule has 0 saturated carbocycles. The zero-order chi connectivity index (χ0) is 16.9. The Balaban J connectivity index is 2.19. The molecule has 23 heavy (non-hydrogen) atoms. The van der Waals surface area contributed by atoms with Crippen LogP contribution in [0.2, 0.25) is 0 Å². The van der Waals surface area contributed by atoms with Crippen LogP contribution in [0.1, 0.15) is 17.3 Å². The van der Waals surface area contributed by atoms with E-state index in [0.29, 0.717) is 23.6 Å².